The Morgan fingerprint density at radius 2 is 1.84 bits per heavy atom. The van der Waals surface area contributed by atoms with Crippen LogP contribution < -0.4 is 5.32 Å². The van der Waals surface area contributed by atoms with Gasteiger partial charge in [-0.2, -0.15) is 13.2 Å². The molecule has 19 heavy (non-hydrogen) atoms. The average Bonchev–Trinajstić information content (AvgIpc) is 2.75. The number of alkyl halides is 3. The molecule has 0 radical (unpaired) electrons. The lowest BCUT2D eigenvalue weighted by Gasteiger charge is -2.32. The smallest absolute Gasteiger partial charge is 0.381 e. The number of anilines is 1. The summed E-state index contributed by atoms with van der Waals surface area (Å²) >= 11 is 0. The molecule has 2 aliphatic rings. The third-order valence-corrected chi connectivity index (χ3v) is 4.21. The van der Waals surface area contributed by atoms with Crippen molar-refractivity contribution in [1.29, 1.82) is 0 Å². The highest BCUT2D eigenvalue weighted by Crippen LogP contribution is 2.36. The molecular formula is C14H17F3N2. The summed E-state index contributed by atoms with van der Waals surface area (Å²) in [6, 6.07) is 5.94. The molecule has 2 saturated heterocycles. The highest BCUT2D eigenvalue weighted by atomic mass is 19.4. The number of para-hydroxylation sites is 1. The molecule has 104 valence electrons. The summed E-state index contributed by atoms with van der Waals surface area (Å²) in [6.07, 6.45) is -2.28. The molecule has 0 spiro atoms. The van der Waals surface area contributed by atoms with Gasteiger partial charge in [-0.25, -0.2) is 0 Å². The summed E-state index contributed by atoms with van der Waals surface area (Å²) in [5.74, 6) is 0.482. The standard InChI is InChI=1S/C14H17F3N2/c15-14(16,17)11-3-1-2-4-13(11)18-12-6-8-19-7-5-10(12)9-19/h1-4,10,12,18H,5-9H2. The van der Waals surface area contributed by atoms with Crippen molar-refractivity contribution < 1.29 is 13.2 Å². The quantitative estimate of drug-likeness (QED) is 0.887. The second-order valence-corrected chi connectivity index (χ2v) is 5.43. The van der Waals surface area contributed by atoms with E-state index in [2.05, 4.69) is 10.2 Å². The van der Waals surface area contributed by atoms with Crippen LogP contribution in [0.2, 0.25) is 0 Å². The van der Waals surface area contributed by atoms with Crippen molar-refractivity contribution in [2.24, 2.45) is 5.92 Å². The van der Waals surface area contributed by atoms with Gasteiger partial charge < -0.3 is 10.2 Å². The maximum absolute atomic E-state index is 12.9. The number of piperidine rings is 1. The van der Waals surface area contributed by atoms with E-state index < -0.39 is 11.7 Å². The Morgan fingerprint density at radius 3 is 2.63 bits per heavy atom. The highest BCUT2D eigenvalue weighted by molar-refractivity contribution is 5.53. The van der Waals surface area contributed by atoms with Gasteiger partial charge in [0.05, 0.1) is 5.56 Å². The molecule has 2 bridgehead atoms. The third-order valence-electron chi connectivity index (χ3n) is 4.21. The molecule has 3 rings (SSSR count). The first-order valence-corrected chi connectivity index (χ1v) is 6.69. The van der Waals surface area contributed by atoms with Gasteiger partial charge in [0.15, 0.2) is 0 Å². The Balaban J connectivity index is 1.80. The van der Waals surface area contributed by atoms with Crippen molar-refractivity contribution >= 4 is 5.69 Å². The van der Waals surface area contributed by atoms with Crippen molar-refractivity contribution in [3.05, 3.63) is 29.8 Å². The van der Waals surface area contributed by atoms with Crippen LogP contribution in [-0.2, 0) is 6.18 Å². The monoisotopic (exact) mass is 270 g/mol. The fourth-order valence-corrected chi connectivity index (χ4v) is 3.20. The largest absolute Gasteiger partial charge is 0.418 e. The van der Waals surface area contributed by atoms with Gasteiger partial charge in [0.2, 0.25) is 0 Å². The fraction of sp³-hybridized carbons (Fsp3) is 0.571. The van der Waals surface area contributed by atoms with Crippen LogP contribution >= 0.6 is 0 Å². The summed E-state index contributed by atoms with van der Waals surface area (Å²) in [6.45, 7) is 3.10. The van der Waals surface area contributed by atoms with E-state index in [1.807, 2.05) is 0 Å². The molecular weight excluding hydrogens is 253 g/mol. The first-order valence-electron chi connectivity index (χ1n) is 6.69. The molecule has 3 unspecified atom stereocenters. The predicted molar refractivity (Wildman–Crippen MR) is 68.0 cm³/mol. The van der Waals surface area contributed by atoms with Crippen LogP contribution in [0.25, 0.3) is 0 Å². The Hall–Kier alpha value is -1.23. The molecule has 5 heteroatoms. The molecule has 0 amide bonds. The lowest BCUT2D eigenvalue weighted by atomic mass is 9.93. The Morgan fingerprint density at radius 1 is 1.11 bits per heavy atom. The van der Waals surface area contributed by atoms with Crippen LogP contribution in [0.15, 0.2) is 24.3 Å². The van der Waals surface area contributed by atoms with Crippen LogP contribution in [0.1, 0.15) is 18.4 Å². The number of fused-ring (bicyclic) bond motifs is 2. The van der Waals surface area contributed by atoms with Gasteiger partial charge in [-0.1, -0.05) is 12.1 Å². The lowest BCUT2D eigenvalue weighted by Crippen LogP contribution is -2.39. The molecule has 1 aromatic rings. The Kier molecular flexibility index (Phi) is 3.17. The molecule has 0 aliphatic carbocycles. The minimum atomic E-state index is -4.29. The number of hydrogen-bond donors (Lipinski definition) is 1. The average molecular weight is 270 g/mol. The normalized spacial score (nSPS) is 30.4. The molecule has 2 fully saturated rings. The van der Waals surface area contributed by atoms with Gasteiger partial charge in [-0.3, -0.25) is 0 Å². The van der Waals surface area contributed by atoms with Crippen LogP contribution in [-0.4, -0.2) is 30.6 Å². The van der Waals surface area contributed by atoms with Crippen LogP contribution in [0.5, 0.6) is 0 Å². The second kappa shape index (κ2) is 4.71. The summed E-state index contributed by atoms with van der Waals surface area (Å²) in [5, 5.41) is 3.14. The summed E-state index contributed by atoms with van der Waals surface area (Å²) < 4.78 is 38.8. The molecule has 0 saturated carbocycles. The van der Waals surface area contributed by atoms with Crippen LogP contribution in [0.3, 0.4) is 0 Å². The predicted octanol–water partition coefficient (Wildman–Crippen LogP) is 3.21. The van der Waals surface area contributed by atoms with E-state index in [0.717, 1.165) is 38.5 Å². The number of benzene rings is 1. The van der Waals surface area contributed by atoms with Crippen LogP contribution in [0.4, 0.5) is 18.9 Å². The van der Waals surface area contributed by atoms with Crippen molar-refractivity contribution in [1.82, 2.24) is 4.90 Å². The van der Waals surface area contributed by atoms with E-state index in [1.54, 1.807) is 6.07 Å². The van der Waals surface area contributed by atoms with E-state index in [9.17, 15) is 13.2 Å². The van der Waals surface area contributed by atoms with Crippen LogP contribution in [0, 0.1) is 5.92 Å². The fourth-order valence-electron chi connectivity index (χ4n) is 3.20. The van der Waals surface area contributed by atoms with Gasteiger partial charge in [0, 0.05) is 24.8 Å². The second-order valence-electron chi connectivity index (χ2n) is 5.43. The van der Waals surface area contributed by atoms with Crippen molar-refractivity contribution in [2.75, 3.05) is 25.0 Å². The zero-order chi connectivity index (χ0) is 13.5. The summed E-state index contributed by atoms with van der Waals surface area (Å²) in [4.78, 5) is 2.39. The van der Waals surface area contributed by atoms with Gasteiger partial charge in [-0.05, 0) is 37.4 Å². The lowest BCUT2D eigenvalue weighted by molar-refractivity contribution is -0.137. The Labute approximate surface area is 110 Å². The zero-order valence-corrected chi connectivity index (χ0v) is 10.6. The topological polar surface area (TPSA) is 15.3 Å². The van der Waals surface area contributed by atoms with Gasteiger partial charge in [0.1, 0.15) is 0 Å². The van der Waals surface area contributed by atoms with Crippen molar-refractivity contribution in [3.63, 3.8) is 0 Å². The highest BCUT2D eigenvalue weighted by Gasteiger charge is 2.37. The molecule has 2 nitrogen and oxygen atoms in total. The number of rotatable bonds is 2. The van der Waals surface area contributed by atoms with E-state index in [1.165, 1.54) is 12.1 Å². The minimum Gasteiger partial charge on any atom is -0.381 e. The Bertz CT molecular complexity index is 458. The van der Waals surface area contributed by atoms with Gasteiger partial charge >= 0.3 is 6.18 Å². The molecule has 2 heterocycles. The first kappa shape index (κ1) is 12.8. The molecule has 3 atom stereocenters. The summed E-state index contributed by atoms with van der Waals surface area (Å²) in [7, 11) is 0. The van der Waals surface area contributed by atoms with E-state index >= 15 is 0 Å². The van der Waals surface area contributed by atoms with E-state index in [4.69, 9.17) is 0 Å². The number of halogens is 3. The van der Waals surface area contributed by atoms with Crippen molar-refractivity contribution in [3.8, 4) is 0 Å². The van der Waals surface area contributed by atoms with Gasteiger partial charge in [0.25, 0.3) is 0 Å². The first-order chi connectivity index (χ1) is 9.04. The van der Waals surface area contributed by atoms with Crippen molar-refractivity contribution in [2.45, 2.75) is 25.1 Å². The zero-order valence-electron chi connectivity index (χ0n) is 10.6. The molecule has 0 aromatic heterocycles. The molecule has 2 aliphatic heterocycles. The van der Waals surface area contributed by atoms with E-state index in [-0.39, 0.29) is 11.7 Å². The van der Waals surface area contributed by atoms with Gasteiger partial charge in [-0.15, -0.1) is 0 Å². The van der Waals surface area contributed by atoms with E-state index in [0.29, 0.717) is 5.92 Å². The minimum absolute atomic E-state index is 0.169. The maximum Gasteiger partial charge on any atom is 0.418 e. The molecule has 1 N–H and O–H groups in total. The summed E-state index contributed by atoms with van der Waals surface area (Å²) in [5.41, 5.74) is -0.337. The number of nitrogens with one attached hydrogen (secondary N) is 1. The SMILES string of the molecule is FC(F)(F)c1ccccc1NC1CCN2CCC1C2. The maximum atomic E-state index is 12.9. The number of hydrogen-bond acceptors (Lipinski definition) is 2. The number of nitrogens with zero attached hydrogens (tertiary/aromatic N) is 1. The molecule has 1 aromatic carbocycles. The third kappa shape index (κ3) is 2.56.